The van der Waals surface area contributed by atoms with Crippen molar-refractivity contribution in [1.29, 1.82) is 0 Å². The van der Waals surface area contributed by atoms with Crippen molar-refractivity contribution in [3.05, 3.63) is 48.6 Å². The Balaban J connectivity index is 2.42. The molecule has 1 heterocycles. The lowest BCUT2D eigenvalue weighted by Gasteiger charge is -2.38. The molecule has 0 spiro atoms. The van der Waals surface area contributed by atoms with E-state index < -0.39 is 61.3 Å². The second kappa shape index (κ2) is 31.7. The first kappa shape index (κ1) is 47.2. The van der Waals surface area contributed by atoms with Crippen LogP contribution in [0.2, 0.25) is 0 Å². The zero-order valence-electron chi connectivity index (χ0n) is 31.8. The maximum absolute atomic E-state index is 12.6. The van der Waals surface area contributed by atoms with Gasteiger partial charge < -0.3 is 39.4 Å². The van der Waals surface area contributed by atoms with Gasteiger partial charge in [0.25, 0.3) is 0 Å². The van der Waals surface area contributed by atoms with Crippen LogP contribution in [0.15, 0.2) is 48.6 Å². The van der Waals surface area contributed by atoms with Crippen LogP contribution in [0.1, 0.15) is 142 Å². The number of hydrogen-bond acceptors (Lipinski definition) is 10. The number of esters is 2. The molecule has 0 amide bonds. The monoisotopic (exact) mass is 736 g/mol. The molecule has 0 aromatic carbocycles. The number of aliphatic hydroxyl groups excluding tert-OH is 3. The normalized spacial score (nSPS) is 21.4. The van der Waals surface area contributed by atoms with Crippen LogP contribution in [-0.2, 0) is 33.3 Å². The van der Waals surface area contributed by atoms with Gasteiger partial charge in [0.1, 0.15) is 24.9 Å². The quantitative estimate of drug-likeness (QED) is 0.0318. The largest absolute Gasteiger partial charge is 0.479 e. The van der Waals surface area contributed by atoms with Gasteiger partial charge in [-0.3, -0.25) is 9.59 Å². The van der Waals surface area contributed by atoms with E-state index in [0.29, 0.717) is 12.8 Å². The molecule has 0 saturated carbocycles. The summed E-state index contributed by atoms with van der Waals surface area (Å²) in [7, 11) is 0. The van der Waals surface area contributed by atoms with Crippen LogP contribution < -0.4 is 0 Å². The lowest BCUT2D eigenvalue weighted by Crippen LogP contribution is -2.60. The summed E-state index contributed by atoms with van der Waals surface area (Å²) in [6.45, 7) is 3.62. The molecule has 0 aromatic heterocycles. The molecular formula is C41H68O11. The maximum Gasteiger partial charge on any atom is 0.335 e. The fraction of sp³-hybridized carbons (Fsp3) is 0.732. The van der Waals surface area contributed by atoms with E-state index in [1.807, 2.05) is 0 Å². The zero-order valence-corrected chi connectivity index (χ0v) is 31.8. The van der Waals surface area contributed by atoms with Crippen LogP contribution in [0.25, 0.3) is 0 Å². The lowest BCUT2D eigenvalue weighted by molar-refractivity contribution is -0.298. The van der Waals surface area contributed by atoms with Gasteiger partial charge in [-0.15, -0.1) is 0 Å². The average molecular weight is 737 g/mol. The summed E-state index contributed by atoms with van der Waals surface area (Å²) in [5.74, 6) is -2.48. The van der Waals surface area contributed by atoms with Gasteiger partial charge in [0.05, 0.1) is 6.61 Å². The van der Waals surface area contributed by atoms with Crippen molar-refractivity contribution in [2.24, 2.45) is 0 Å². The van der Waals surface area contributed by atoms with E-state index in [2.05, 4.69) is 62.5 Å². The predicted octanol–water partition coefficient (Wildman–Crippen LogP) is 7.42. The van der Waals surface area contributed by atoms with Gasteiger partial charge in [0, 0.05) is 12.8 Å². The molecule has 1 aliphatic heterocycles. The topological polar surface area (TPSA) is 169 Å². The highest BCUT2D eigenvalue weighted by atomic mass is 16.7. The molecule has 11 nitrogen and oxygen atoms in total. The first-order valence-corrected chi connectivity index (χ1v) is 19.7. The summed E-state index contributed by atoms with van der Waals surface area (Å²) >= 11 is 0. The van der Waals surface area contributed by atoms with E-state index in [0.717, 1.165) is 70.6 Å². The summed E-state index contributed by atoms with van der Waals surface area (Å²) in [6, 6.07) is 0. The minimum absolute atomic E-state index is 0.176. The number of ether oxygens (including phenoxy) is 4. The van der Waals surface area contributed by atoms with Gasteiger partial charge in [-0.2, -0.15) is 0 Å². The molecule has 0 aliphatic carbocycles. The molecular weight excluding hydrogens is 668 g/mol. The number of carboxylic acids is 1. The minimum atomic E-state index is -1.86. The third-order valence-corrected chi connectivity index (χ3v) is 8.69. The van der Waals surface area contributed by atoms with Crippen LogP contribution in [0.5, 0.6) is 0 Å². The number of unbranched alkanes of at least 4 members (excludes halogenated alkanes) is 12. The van der Waals surface area contributed by atoms with E-state index in [1.165, 1.54) is 32.1 Å². The number of aliphatic carboxylic acids is 1. The van der Waals surface area contributed by atoms with Gasteiger partial charge in [0.15, 0.2) is 18.5 Å². The molecule has 4 N–H and O–H groups in total. The second-order valence-corrected chi connectivity index (χ2v) is 13.4. The lowest BCUT2D eigenvalue weighted by atomic mass is 9.99. The fourth-order valence-electron chi connectivity index (χ4n) is 5.57. The van der Waals surface area contributed by atoms with Crippen molar-refractivity contribution >= 4 is 17.9 Å². The van der Waals surface area contributed by atoms with Crippen LogP contribution in [0.3, 0.4) is 0 Å². The maximum atomic E-state index is 12.6. The second-order valence-electron chi connectivity index (χ2n) is 13.4. The van der Waals surface area contributed by atoms with Gasteiger partial charge >= 0.3 is 17.9 Å². The van der Waals surface area contributed by atoms with Gasteiger partial charge in [-0.1, -0.05) is 127 Å². The summed E-state index contributed by atoms with van der Waals surface area (Å²) in [6.07, 6.45) is 26.1. The average Bonchev–Trinajstić information content (AvgIpc) is 3.12. The molecule has 1 saturated heterocycles. The summed E-state index contributed by atoms with van der Waals surface area (Å²) in [5.41, 5.74) is 0. The number of carbonyl (C=O) groups is 3. The van der Waals surface area contributed by atoms with Crippen LogP contribution in [-0.4, -0.2) is 88.4 Å². The van der Waals surface area contributed by atoms with Crippen molar-refractivity contribution in [2.75, 3.05) is 13.2 Å². The molecule has 6 atom stereocenters. The molecule has 52 heavy (non-hydrogen) atoms. The van der Waals surface area contributed by atoms with Crippen LogP contribution in [0.4, 0.5) is 0 Å². The Morgan fingerprint density at radius 2 is 1.13 bits per heavy atom. The number of rotatable bonds is 31. The molecule has 0 bridgehead atoms. The van der Waals surface area contributed by atoms with E-state index in [9.17, 15) is 34.8 Å². The van der Waals surface area contributed by atoms with Crippen LogP contribution in [0, 0.1) is 0 Å². The molecule has 0 radical (unpaired) electrons. The Morgan fingerprint density at radius 1 is 0.615 bits per heavy atom. The fourth-order valence-corrected chi connectivity index (χ4v) is 5.57. The summed E-state index contributed by atoms with van der Waals surface area (Å²) in [5, 5.41) is 39.6. The summed E-state index contributed by atoms with van der Waals surface area (Å²) < 4.78 is 21.6. The van der Waals surface area contributed by atoms with E-state index in [4.69, 9.17) is 18.9 Å². The Bertz CT molecular complexity index is 1050. The number of hydrogen-bond donors (Lipinski definition) is 4. The Kier molecular flexibility index (Phi) is 28.7. The molecule has 11 heteroatoms. The molecule has 1 fully saturated rings. The first-order valence-electron chi connectivity index (χ1n) is 19.7. The number of aliphatic hydroxyl groups is 3. The Hall–Kier alpha value is -2.83. The number of carboxylic acid groups (broad SMARTS) is 1. The van der Waals surface area contributed by atoms with E-state index >= 15 is 0 Å². The van der Waals surface area contributed by atoms with Crippen molar-refractivity contribution < 1.29 is 53.8 Å². The zero-order chi connectivity index (χ0) is 38.2. The third-order valence-electron chi connectivity index (χ3n) is 8.69. The molecule has 0 aromatic rings. The van der Waals surface area contributed by atoms with Gasteiger partial charge in [-0.25, -0.2) is 4.79 Å². The molecule has 1 rings (SSSR count). The van der Waals surface area contributed by atoms with Crippen LogP contribution >= 0.6 is 0 Å². The molecule has 298 valence electrons. The van der Waals surface area contributed by atoms with Crippen molar-refractivity contribution in [3.8, 4) is 0 Å². The Labute approximate surface area is 312 Å². The highest BCUT2D eigenvalue weighted by Crippen LogP contribution is 2.23. The van der Waals surface area contributed by atoms with E-state index in [1.54, 1.807) is 0 Å². The third kappa shape index (κ3) is 23.7. The predicted molar refractivity (Wildman–Crippen MR) is 201 cm³/mol. The SMILES string of the molecule is CC/C=C\C/C=C\C/C=C\C/C=C\CCCCCCC(=O)OCC(COC1OC(C(=O)O)C(O)C(O)C1O)OC(=O)CCCCCCCCCCC. The van der Waals surface area contributed by atoms with Crippen molar-refractivity contribution in [2.45, 2.75) is 179 Å². The number of carbonyl (C=O) groups excluding carboxylic acids is 2. The van der Waals surface area contributed by atoms with Crippen molar-refractivity contribution in [1.82, 2.24) is 0 Å². The summed E-state index contributed by atoms with van der Waals surface area (Å²) in [4.78, 5) is 36.6. The molecule has 6 unspecified atom stereocenters. The minimum Gasteiger partial charge on any atom is -0.479 e. The standard InChI is InChI=1S/C41H68O11/c1-3-5-7-9-11-13-14-15-16-17-18-19-20-22-23-25-27-29-34(42)49-31-33(51-35(43)30-28-26-24-21-12-10-8-6-4-2)32-50-41-38(46)36(44)37(45)39(52-41)40(47)48/h5,7,11,13,15-16,18-19,33,36-39,41,44-46H,3-4,6,8-10,12,14,17,20-32H2,1-2H3,(H,47,48)/b7-5-,13-11-,16-15-,19-18-. The van der Waals surface area contributed by atoms with Gasteiger partial charge in [0.2, 0.25) is 0 Å². The highest BCUT2D eigenvalue weighted by Gasteiger charge is 2.47. The van der Waals surface area contributed by atoms with Gasteiger partial charge in [-0.05, 0) is 51.4 Å². The smallest absolute Gasteiger partial charge is 0.335 e. The first-order chi connectivity index (χ1) is 25.2. The molecule has 1 aliphatic rings. The van der Waals surface area contributed by atoms with E-state index in [-0.39, 0.29) is 19.4 Å². The number of allylic oxidation sites excluding steroid dienone is 8. The van der Waals surface area contributed by atoms with Crippen molar-refractivity contribution in [3.63, 3.8) is 0 Å². The highest BCUT2D eigenvalue weighted by molar-refractivity contribution is 5.73. The Morgan fingerprint density at radius 3 is 1.71 bits per heavy atom.